The summed E-state index contributed by atoms with van der Waals surface area (Å²) in [6.07, 6.45) is 8.02. The second-order valence-corrected chi connectivity index (χ2v) is 8.55. The zero-order valence-electron chi connectivity index (χ0n) is 18.1. The van der Waals surface area contributed by atoms with Crippen LogP contribution in [0.5, 0.6) is 0 Å². The second-order valence-electron chi connectivity index (χ2n) is 8.55. The monoisotopic (exact) mass is 415 g/mol. The maximum absolute atomic E-state index is 12.1. The molecule has 0 heterocycles. The van der Waals surface area contributed by atoms with Gasteiger partial charge in [0.25, 0.3) is 0 Å². The van der Waals surface area contributed by atoms with Crippen LogP contribution in [0.2, 0.25) is 0 Å². The van der Waals surface area contributed by atoms with Crippen LogP contribution in [0.3, 0.4) is 0 Å². The topological polar surface area (TPSA) is 96.5 Å². The lowest BCUT2D eigenvalue weighted by Gasteiger charge is -2.19. The lowest BCUT2D eigenvalue weighted by atomic mass is 10.1. The summed E-state index contributed by atoms with van der Waals surface area (Å²) in [5.74, 6) is 0.193. The van der Waals surface area contributed by atoms with Gasteiger partial charge in [-0.25, -0.2) is 4.79 Å². The quantitative estimate of drug-likeness (QED) is 0.561. The van der Waals surface area contributed by atoms with Gasteiger partial charge in [0.2, 0.25) is 11.8 Å². The van der Waals surface area contributed by atoms with Gasteiger partial charge in [0.05, 0.1) is 0 Å². The zero-order valence-corrected chi connectivity index (χ0v) is 18.1. The highest BCUT2D eigenvalue weighted by Crippen LogP contribution is 2.25. The van der Waals surface area contributed by atoms with Gasteiger partial charge in [-0.2, -0.15) is 0 Å². The van der Waals surface area contributed by atoms with Gasteiger partial charge >= 0.3 is 6.09 Å². The molecule has 164 valence electrons. The first-order valence-electron chi connectivity index (χ1n) is 10.5. The smallest absolute Gasteiger partial charge is 0.407 e. The fourth-order valence-corrected chi connectivity index (χ4v) is 3.20. The van der Waals surface area contributed by atoms with Gasteiger partial charge in [0.15, 0.2) is 0 Å². The Morgan fingerprint density at radius 1 is 1.13 bits per heavy atom. The van der Waals surface area contributed by atoms with Crippen molar-refractivity contribution in [1.82, 2.24) is 10.6 Å². The summed E-state index contributed by atoms with van der Waals surface area (Å²) in [5.41, 5.74) is 0.995. The highest BCUT2D eigenvalue weighted by Gasteiger charge is 2.16. The largest absolute Gasteiger partial charge is 0.444 e. The van der Waals surface area contributed by atoms with Gasteiger partial charge in [-0.3, -0.25) is 9.59 Å². The molecule has 0 unspecified atom stereocenters. The first-order valence-corrected chi connectivity index (χ1v) is 10.5. The molecular formula is C23H33N3O4. The van der Waals surface area contributed by atoms with E-state index in [2.05, 4.69) is 16.0 Å². The first kappa shape index (κ1) is 23.4. The number of ether oxygens (including phenoxy) is 1. The minimum Gasteiger partial charge on any atom is -0.444 e. The Kier molecular flexibility index (Phi) is 8.89. The molecule has 1 aliphatic carbocycles. The Labute approximate surface area is 178 Å². The average Bonchev–Trinajstić information content (AvgIpc) is 3.17. The van der Waals surface area contributed by atoms with Crippen molar-refractivity contribution in [1.29, 1.82) is 0 Å². The Hall–Kier alpha value is -2.83. The molecular weight excluding hydrogens is 382 g/mol. The summed E-state index contributed by atoms with van der Waals surface area (Å²) in [6.45, 7) is 5.88. The Balaban J connectivity index is 1.70. The van der Waals surface area contributed by atoms with E-state index in [0.717, 1.165) is 18.4 Å². The van der Waals surface area contributed by atoms with Crippen LogP contribution < -0.4 is 16.0 Å². The second kappa shape index (κ2) is 11.4. The van der Waals surface area contributed by atoms with Crippen LogP contribution in [0.4, 0.5) is 10.5 Å². The summed E-state index contributed by atoms with van der Waals surface area (Å²) in [5, 5.41) is 8.22. The molecule has 2 rings (SSSR count). The van der Waals surface area contributed by atoms with Crippen LogP contribution in [-0.4, -0.2) is 30.1 Å². The van der Waals surface area contributed by atoms with E-state index in [1.807, 2.05) is 30.3 Å². The van der Waals surface area contributed by atoms with Gasteiger partial charge in [-0.05, 0) is 63.3 Å². The summed E-state index contributed by atoms with van der Waals surface area (Å²) < 4.78 is 5.12. The lowest BCUT2D eigenvalue weighted by molar-refractivity contribution is -0.121. The summed E-state index contributed by atoms with van der Waals surface area (Å²) in [7, 11) is 0. The van der Waals surface area contributed by atoms with E-state index in [9.17, 15) is 14.4 Å². The number of carbonyl (C=O) groups excluding carboxylic acids is 3. The van der Waals surface area contributed by atoms with Crippen LogP contribution in [0.15, 0.2) is 36.4 Å². The van der Waals surface area contributed by atoms with Gasteiger partial charge in [0.1, 0.15) is 5.60 Å². The van der Waals surface area contributed by atoms with E-state index in [-0.39, 0.29) is 24.8 Å². The molecule has 0 spiro atoms. The number of hydrogen-bond donors (Lipinski definition) is 3. The number of hydrogen-bond acceptors (Lipinski definition) is 4. The van der Waals surface area contributed by atoms with Crippen molar-refractivity contribution in [3.63, 3.8) is 0 Å². The number of alkyl carbamates (subject to hydrolysis) is 1. The SMILES string of the molecule is CC(C)(C)OC(=O)NCCC(=O)NCc1cccc(NC(=O)/C=C/C2CCCC2)c1. The number of anilines is 1. The molecule has 1 aromatic carbocycles. The standard InChI is InChI=1S/C23H33N3O4/c1-23(2,3)30-22(29)24-14-13-20(27)25-16-18-9-6-10-19(15-18)26-21(28)12-11-17-7-4-5-8-17/h6,9-12,15,17H,4-5,7-8,13-14,16H2,1-3H3,(H,24,29)(H,25,27)(H,26,28)/b12-11+. The van der Waals surface area contributed by atoms with E-state index in [0.29, 0.717) is 18.2 Å². The maximum atomic E-state index is 12.1. The minimum atomic E-state index is -0.570. The molecule has 3 amide bonds. The molecule has 0 aromatic heterocycles. The van der Waals surface area contributed by atoms with E-state index in [1.165, 1.54) is 12.8 Å². The zero-order chi connectivity index (χ0) is 22.0. The third-order valence-corrected chi connectivity index (χ3v) is 4.62. The predicted octanol–water partition coefficient (Wildman–Crippen LogP) is 3.90. The maximum Gasteiger partial charge on any atom is 0.407 e. The van der Waals surface area contributed by atoms with Gasteiger partial charge in [-0.1, -0.05) is 31.1 Å². The van der Waals surface area contributed by atoms with E-state index in [4.69, 9.17) is 4.74 Å². The number of allylic oxidation sites excluding steroid dienone is 1. The van der Waals surface area contributed by atoms with E-state index < -0.39 is 11.7 Å². The third-order valence-electron chi connectivity index (χ3n) is 4.62. The Bertz CT molecular complexity index is 762. The molecule has 0 radical (unpaired) electrons. The molecule has 0 aliphatic heterocycles. The minimum absolute atomic E-state index is 0.142. The van der Waals surface area contributed by atoms with Crippen molar-refractivity contribution in [2.24, 2.45) is 5.92 Å². The molecule has 0 saturated heterocycles. The van der Waals surface area contributed by atoms with Crippen molar-refractivity contribution in [3.05, 3.63) is 42.0 Å². The van der Waals surface area contributed by atoms with E-state index >= 15 is 0 Å². The molecule has 3 N–H and O–H groups in total. The molecule has 7 heteroatoms. The van der Waals surface area contributed by atoms with Gasteiger partial charge in [-0.15, -0.1) is 0 Å². The average molecular weight is 416 g/mol. The lowest BCUT2D eigenvalue weighted by Crippen LogP contribution is -2.35. The molecule has 30 heavy (non-hydrogen) atoms. The molecule has 1 aliphatic rings. The molecule has 1 saturated carbocycles. The van der Waals surface area contributed by atoms with Crippen molar-refractivity contribution < 1.29 is 19.1 Å². The molecule has 0 atom stereocenters. The van der Waals surface area contributed by atoms with Crippen molar-refractivity contribution in [2.45, 2.75) is 65.0 Å². The third kappa shape index (κ3) is 9.58. The van der Waals surface area contributed by atoms with Crippen LogP contribution in [0.25, 0.3) is 0 Å². The summed E-state index contributed by atoms with van der Waals surface area (Å²) >= 11 is 0. The first-order chi connectivity index (χ1) is 14.2. The Morgan fingerprint density at radius 3 is 2.57 bits per heavy atom. The predicted molar refractivity (Wildman–Crippen MR) is 117 cm³/mol. The van der Waals surface area contributed by atoms with Gasteiger partial charge < -0.3 is 20.7 Å². The fourth-order valence-electron chi connectivity index (χ4n) is 3.20. The summed E-state index contributed by atoms with van der Waals surface area (Å²) in [6, 6.07) is 7.36. The normalized spacial score (nSPS) is 14.5. The Morgan fingerprint density at radius 2 is 1.87 bits per heavy atom. The van der Waals surface area contributed by atoms with Crippen LogP contribution in [0.1, 0.15) is 58.4 Å². The van der Waals surface area contributed by atoms with Crippen molar-refractivity contribution >= 4 is 23.6 Å². The number of carbonyl (C=O) groups is 3. The van der Waals surface area contributed by atoms with Crippen LogP contribution >= 0.6 is 0 Å². The van der Waals surface area contributed by atoms with Crippen LogP contribution in [-0.2, 0) is 20.9 Å². The van der Waals surface area contributed by atoms with Crippen molar-refractivity contribution in [3.8, 4) is 0 Å². The van der Waals surface area contributed by atoms with E-state index in [1.54, 1.807) is 26.8 Å². The molecule has 0 bridgehead atoms. The van der Waals surface area contributed by atoms with Gasteiger partial charge in [0, 0.05) is 25.2 Å². The molecule has 1 fully saturated rings. The highest BCUT2D eigenvalue weighted by atomic mass is 16.6. The summed E-state index contributed by atoms with van der Waals surface area (Å²) in [4.78, 5) is 35.6. The number of amides is 3. The van der Waals surface area contributed by atoms with Crippen LogP contribution in [0, 0.1) is 5.92 Å². The number of rotatable bonds is 8. The molecule has 7 nitrogen and oxygen atoms in total. The fraction of sp³-hybridized carbons (Fsp3) is 0.522. The highest BCUT2D eigenvalue weighted by molar-refractivity contribution is 5.99. The molecule has 1 aromatic rings. The van der Waals surface area contributed by atoms with Crippen molar-refractivity contribution in [2.75, 3.05) is 11.9 Å². The number of nitrogens with one attached hydrogen (secondary N) is 3. The number of benzene rings is 1.